The van der Waals surface area contributed by atoms with E-state index in [1.54, 1.807) is 18.6 Å². The Balaban J connectivity index is 1.90. The van der Waals surface area contributed by atoms with Gasteiger partial charge in [-0.25, -0.2) is 0 Å². The summed E-state index contributed by atoms with van der Waals surface area (Å²) < 4.78 is 0. The molecule has 0 radical (unpaired) electrons. The van der Waals surface area contributed by atoms with Crippen LogP contribution in [0.2, 0.25) is 0 Å². The highest BCUT2D eigenvalue weighted by Gasteiger charge is 2.10. The number of nitrogens with one attached hydrogen (secondary N) is 2. The topological polar surface area (TPSA) is 87.1 Å². The summed E-state index contributed by atoms with van der Waals surface area (Å²) in [5.41, 5.74) is 2.76. The average Bonchev–Trinajstić information content (AvgIpc) is 2.62. The van der Waals surface area contributed by atoms with Crippen LogP contribution in [-0.2, 0) is 11.2 Å². The van der Waals surface area contributed by atoms with Crippen molar-refractivity contribution in [2.75, 3.05) is 11.9 Å². The van der Waals surface area contributed by atoms with Crippen molar-refractivity contribution in [1.29, 1.82) is 0 Å². The maximum atomic E-state index is 11.9. The van der Waals surface area contributed by atoms with E-state index in [0.29, 0.717) is 12.8 Å². The lowest BCUT2D eigenvalue weighted by atomic mass is 10.1. The molecule has 0 fully saturated rings. The molecule has 24 heavy (non-hydrogen) atoms. The van der Waals surface area contributed by atoms with Gasteiger partial charge in [-0.05, 0) is 31.0 Å². The summed E-state index contributed by atoms with van der Waals surface area (Å²) in [5, 5.41) is 15.3. The summed E-state index contributed by atoms with van der Waals surface area (Å²) in [6, 6.07) is 7.60. The van der Waals surface area contributed by atoms with E-state index in [1.165, 1.54) is 0 Å². The van der Waals surface area contributed by atoms with Crippen LogP contribution in [0.3, 0.4) is 0 Å². The number of rotatable bonds is 8. The van der Waals surface area contributed by atoms with E-state index in [4.69, 9.17) is 5.11 Å². The molecule has 0 aliphatic carbocycles. The summed E-state index contributed by atoms with van der Waals surface area (Å²) in [4.78, 5) is 20.3. The average molecular weight is 328 g/mol. The molecular weight excluding hydrogens is 304 g/mol. The van der Waals surface area contributed by atoms with Gasteiger partial charge in [0.2, 0.25) is 5.91 Å². The Hall–Kier alpha value is -2.47. The van der Waals surface area contributed by atoms with Crippen molar-refractivity contribution in [2.24, 2.45) is 0 Å². The number of aliphatic hydroxyl groups is 1. The monoisotopic (exact) mass is 328 g/mol. The highest BCUT2D eigenvalue weighted by atomic mass is 16.3. The van der Waals surface area contributed by atoms with Gasteiger partial charge >= 0.3 is 0 Å². The Morgan fingerprint density at radius 2 is 2.00 bits per heavy atom. The van der Waals surface area contributed by atoms with Crippen molar-refractivity contribution >= 4 is 11.6 Å². The van der Waals surface area contributed by atoms with Crippen LogP contribution in [0.4, 0.5) is 5.69 Å². The molecule has 2 atom stereocenters. The van der Waals surface area contributed by atoms with Crippen LogP contribution in [0.1, 0.15) is 37.6 Å². The van der Waals surface area contributed by atoms with E-state index in [2.05, 4.69) is 20.6 Å². The predicted octanol–water partition coefficient (Wildman–Crippen LogP) is 2.08. The Morgan fingerprint density at radius 1 is 1.25 bits per heavy atom. The highest BCUT2D eigenvalue weighted by Crippen LogP contribution is 2.17. The molecule has 0 spiro atoms. The molecule has 6 heteroatoms. The molecular formula is C18H24N4O2. The Labute approximate surface area is 142 Å². The second-order valence-corrected chi connectivity index (χ2v) is 5.73. The minimum atomic E-state index is -0.175. The zero-order valence-corrected chi connectivity index (χ0v) is 14.1. The molecule has 1 amide bonds. The molecule has 0 saturated heterocycles. The fourth-order valence-electron chi connectivity index (χ4n) is 2.32. The summed E-state index contributed by atoms with van der Waals surface area (Å²) in [6.07, 6.45) is 6.07. The van der Waals surface area contributed by atoms with Crippen LogP contribution in [0.25, 0.3) is 0 Å². The standard InChI is InChI=1S/C18H24N4O2/c1-3-15(12-23)22-18(24)10-14-4-6-16(7-5-14)21-13(2)17-11-19-8-9-20-17/h4-9,11,13,15,21,23H,3,10,12H2,1-2H3,(H,22,24). The van der Waals surface area contributed by atoms with Crippen LogP contribution < -0.4 is 10.6 Å². The molecule has 3 N–H and O–H groups in total. The summed E-state index contributed by atoms with van der Waals surface area (Å²) >= 11 is 0. The second kappa shape index (κ2) is 8.98. The lowest BCUT2D eigenvalue weighted by molar-refractivity contribution is -0.121. The number of nitrogens with zero attached hydrogens (tertiary/aromatic N) is 2. The van der Waals surface area contributed by atoms with Crippen molar-refractivity contribution in [3.05, 3.63) is 54.1 Å². The molecule has 0 saturated carbocycles. The quantitative estimate of drug-likeness (QED) is 0.690. The van der Waals surface area contributed by atoms with Crippen molar-refractivity contribution in [3.63, 3.8) is 0 Å². The molecule has 0 aliphatic heterocycles. The number of carbonyl (C=O) groups is 1. The lowest BCUT2D eigenvalue weighted by Gasteiger charge is -2.15. The summed E-state index contributed by atoms with van der Waals surface area (Å²) in [6.45, 7) is 3.91. The van der Waals surface area contributed by atoms with Crippen LogP contribution in [0.5, 0.6) is 0 Å². The molecule has 2 rings (SSSR count). The SMILES string of the molecule is CCC(CO)NC(=O)Cc1ccc(NC(C)c2cnccn2)cc1. The van der Waals surface area contributed by atoms with Gasteiger partial charge in [-0.2, -0.15) is 0 Å². The Bertz CT molecular complexity index is 627. The first-order valence-corrected chi connectivity index (χ1v) is 8.14. The van der Waals surface area contributed by atoms with Crippen molar-refractivity contribution in [1.82, 2.24) is 15.3 Å². The molecule has 2 unspecified atom stereocenters. The summed E-state index contributed by atoms with van der Waals surface area (Å²) in [5.74, 6) is -0.0791. The van der Waals surface area contributed by atoms with E-state index < -0.39 is 0 Å². The Kier molecular flexibility index (Phi) is 6.69. The lowest BCUT2D eigenvalue weighted by Crippen LogP contribution is -2.37. The smallest absolute Gasteiger partial charge is 0.224 e. The number of amides is 1. The van der Waals surface area contributed by atoms with Gasteiger partial charge in [0.25, 0.3) is 0 Å². The fraction of sp³-hybridized carbons (Fsp3) is 0.389. The molecule has 2 aromatic rings. The van der Waals surface area contributed by atoms with E-state index in [1.807, 2.05) is 38.1 Å². The third kappa shape index (κ3) is 5.31. The van der Waals surface area contributed by atoms with Crippen molar-refractivity contribution in [2.45, 2.75) is 38.8 Å². The van der Waals surface area contributed by atoms with Gasteiger partial charge in [0.15, 0.2) is 0 Å². The zero-order valence-electron chi connectivity index (χ0n) is 14.1. The minimum Gasteiger partial charge on any atom is -0.394 e. The molecule has 128 valence electrons. The number of carbonyl (C=O) groups excluding carboxylic acids is 1. The largest absolute Gasteiger partial charge is 0.394 e. The third-order valence-electron chi connectivity index (χ3n) is 3.81. The number of benzene rings is 1. The molecule has 0 bridgehead atoms. The van der Waals surface area contributed by atoms with E-state index in [-0.39, 0.29) is 24.6 Å². The van der Waals surface area contributed by atoms with Crippen LogP contribution in [0.15, 0.2) is 42.9 Å². The maximum absolute atomic E-state index is 11.9. The van der Waals surface area contributed by atoms with Crippen LogP contribution >= 0.6 is 0 Å². The number of hydrogen-bond donors (Lipinski definition) is 3. The van der Waals surface area contributed by atoms with E-state index in [0.717, 1.165) is 16.9 Å². The number of aromatic nitrogens is 2. The third-order valence-corrected chi connectivity index (χ3v) is 3.81. The second-order valence-electron chi connectivity index (χ2n) is 5.73. The minimum absolute atomic E-state index is 0.0363. The predicted molar refractivity (Wildman–Crippen MR) is 93.5 cm³/mol. The molecule has 1 aromatic heterocycles. The zero-order chi connectivity index (χ0) is 17.4. The molecule has 1 heterocycles. The number of anilines is 1. The van der Waals surface area contributed by atoms with Gasteiger partial charge in [0.1, 0.15) is 0 Å². The molecule has 1 aromatic carbocycles. The van der Waals surface area contributed by atoms with Gasteiger partial charge in [-0.15, -0.1) is 0 Å². The van der Waals surface area contributed by atoms with Gasteiger partial charge < -0.3 is 15.7 Å². The first kappa shape index (κ1) is 17.9. The van der Waals surface area contributed by atoms with Gasteiger partial charge in [-0.1, -0.05) is 19.1 Å². The van der Waals surface area contributed by atoms with Crippen molar-refractivity contribution < 1.29 is 9.90 Å². The van der Waals surface area contributed by atoms with E-state index >= 15 is 0 Å². The first-order valence-electron chi connectivity index (χ1n) is 8.14. The number of aliphatic hydroxyl groups excluding tert-OH is 1. The maximum Gasteiger partial charge on any atom is 0.224 e. The normalized spacial score (nSPS) is 13.1. The van der Waals surface area contributed by atoms with Gasteiger partial charge in [0, 0.05) is 18.1 Å². The van der Waals surface area contributed by atoms with Gasteiger partial charge in [0.05, 0.1) is 37.0 Å². The highest BCUT2D eigenvalue weighted by molar-refractivity contribution is 5.79. The number of hydrogen-bond acceptors (Lipinski definition) is 5. The first-order chi connectivity index (χ1) is 11.6. The van der Waals surface area contributed by atoms with Gasteiger partial charge in [-0.3, -0.25) is 14.8 Å². The molecule has 6 nitrogen and oxygen atoms in total. The van der Waals surface area contributed by atoms with E-state index in [9.17, 15) is 4.79 Å². The fourth-order valence-corrected chi connectivity index (χ4v) is 2.32. The summed E-state index contributed by atoms with van der Waals surface area (Å²) in [7, 11) is 0. The Morgan fingerprint density at radius 3 is 2.58 bits per heavy atom. The van der Waals surface area contributed by atoms with Crippen molar-refractivity contribution in [3.8, 4) is 0 Å². The van der Waals surface area contributed by atoms with Crippen LogP contribution in [0, 0.1) is 0 Å². The molecule has 0 aliphatic rings. The van der Waals surface area contributed by atoms with Crippen LogP contribution in [-0.4, -0.2) is 33.6 Å².